The molecule has 3 atom stereocenters. The van der Waals surface area contributed by atoms with Crippen molar-refractivity contribution >= 4 is 33.9 Å². The Balaban J connectivity index is 1.74. The molecule has 142 valence electrons. The lowest BCUT2D eigenvalue weighted by molar-refractivity contribution is 0.00472. The first-order valence-corrected chi connectivity index (χ1v) is 10.1. The van der Waals surface area contributed by atoms with Gasteiger partial charge in [0.1, 0.15) is 0 Å². The van der Waals surface area contributed by atoms with Gasteiger partial charge < -0.3 is 20.4 Å². The van der Waals surface area contributed by atoms with Crippen LogP contribution in [0.25, 0.3) is 0 Å². The van der Waals surface area contributed by atoms with Gasteiger partial charge in [0.15, 0.2) is 16.1 Å². The van der Waals surface area contributed by atoms with Crippen molar-refractivity contribution in [3.05, 3.63) is 28.2 Å². The van der Waals surface area contributed by atoms with E-state index in [1.807, 2.05) is 19.2 Å². The molecule has 1 aliphatic heterocycles. The van der Waals surface area contributed by atoms with Crippen LogP contribution in [0.2, 0.25) is 5.15 Å². The number of nitrogens with zero attached hydrogens (tertiary/aromatic N) is 3. The normalized spacial score (nSPS) is 21.8. The zero-order valence-corrected chi connectivity index (χ0v) is 16.5. The molecule has 0 amide bonds. The number of nitrogens with two attached hydrogens (primary N) is 1. The molecule has 3 heterocycles. The third-order valence-electron chi connectivity index (χ3n) is 4.76. The van der Waals surface area contributed by atoms with E-state index in [4.69, 9.17) is 22.1 Å². The zero-order valence-electron chi connectivity index (χ0n) is 14.9. The third kappa shape index (κ3) is 3.93. The number of aromatic amines is 1. The molecule has 0 bridgehead atoms. The van der Waals surface area contributed by atoms with E-state index in [-0.39, 0.29) is 23.6 Å². The Morgan fingerprint density at radius 1 is 1.58 bits per heavy atom. The summed E-state index contributed by atoms with van der Waals surface area (Å²) in [6, 6.07) is -0.683. The van der Waals surface area contributed by atoms with Gasteiger partial charge in [-0.3, -0.25) is 4.79 Å². The van der Waals surface area contributed by atoms with Crippen molar-refractivity contribution in [2.75, 3.05) is 24.6 Å². The van der Waals surface area contributed by atoms with Crippen molar-refractivity contribution in [2.24, 2.45) is 11.7 Å². The summed E-state index contributed by atoms with van der Waals surface area (Å²) >= 11 is 7.66. The molecule has 2 aromatic rings. The number of carbonyl (C=O) groups is 1. The Labute approximate surface area is 161 Å². The lowest BCUT2D eigenvalue weighted by atomic mass is 9.85. The van der Waals surface area contributed by atoms with Gasteiger partial charge in [-0.2, -0.15) is 0 Å². The Bertz CT molecular complexity index is 736. The fraction of sp³-hybridized carbons (Fsp3) is 0.588. The molecule has 26 heavy (non-hydrogen) atoms. The zero-order chi connectivity index (χ0) is 18.7. The number of carbonyl (C=O) groups excluding carboxylic acids is 1. The predicted octanol–water partition coefficient (Wildman–Crippen LogP) is 2.52. The number of H-pyrrole nitrogens is 1. The van der Waals surface area contributed by atoms with Crippen molar-refractivity contribution in [3.8, 4) is 0 Å². The quantitative estimate of drug-likeness (QED) is 0.697. The van der Waals surface area contributed by atoms with E-state index in [0.29, 0.717) is 24.7 Å². The summed E-state index contributed by atoms with van der Waals surface area (Å²) < 4.78 is 5.93. The molecule has 7 nitrogen and oxygen atoms in total. The maximum atomic E-state index is 12.8. The fourth-order valence-corrected chi connectivity index (χ4v) is 4.32. The van der Waals surface area contributed by atoms with Gasteiger partial charge in [0.25, 0.3) is 0 Å². The molecular formula is C17H24ClN5O2S. The molecule has 3 N–H and O–H groups in total. The smallest absolute Gasteiger partial charge is 0.215 e. The number of thiazole rings is 1. The minimum atomic E-state index is -0.683. The SMILES string of the molecule is CCO[C@H]1CN(c2nccs2)CCC1C(N)C(=O)c1nc(Cl)c(CC)[nH]1. The first kappa shape index (κ1) is 19.3. The lowest BCUT2D eigenvalue weighted by Gasteiger charge is -2.40. The lowest BCUT2D eigenvalue weighted by Crippen LogP contribution is -2.53. The highest BCUT2D eigenvalue weighted by Gasteiger charge is 2.38. The van der Waals surface area contributed by atoms with Gasteiger partial charge in [-0.05, 0) is 19.8 Å². The molecule has 0 aromatic carbocycles. The first-order valence-electron chi connectivity index (χ1n) is 8.85. The van der Waals surface area contributed by atoms with Crippen molar-refractivity contribution < 1.29 is 9.53 Å². The Kier molecular flexibility index (Phi) is 6.29. The number of hydrogen-bond acceptors (Lipinski definition) is 7. The van der Waals surface area contributed by atoms with Gasteiger partial charge in [0.05, 0.1) is 17.8 Å². The second kappa shape index (κ2) is 8.47. The molecule has 0 saturated carbocycles. The van der Waals surface area contributed by atoms with Gasteiger partial charge in [0, 0.05) is 37.2 Å². The third-order valence-corrected chi connectivity index (χ3v) is 5.90. The average molecular weight is 398 g/mol. The van der Waals surface area contributed by atoms with E-state index < -0.39 is 6.04 Å². The van der Waals surface area contributed by atoms with E-state index in [1.54, 1.807) is 17.5 Å². The summed E-state index contributed by atoms with van der Waals surface area (Å²) in [6.07, 6.45) is 3.10. The molecule has 0 spiro atoms. The fourth-order valence-electron chi connectivity index (χ4n) is 3.37. The average Bonchev–Trinajstić information content (AvgIpc) is 3.30. The molecule has 1 saturated heterocycles. The van der Waals surface area contributed by atoms with E-state index >= 15 is 0 Å². The summed E-state index contributed by atoms with van der Waals surface area (Å²) in [6.45, 7) is 5.94. The Morgan fingerprint density at radius 3 is 3.00 bits per heavy atom. The minimum absolute atomic E-state index is 0.0763. The van der Waals surface area contributed by atoms with Crippen molar-refractivity contribution in [1.82, 2.24) is 15.0 Å². The predicted molar refractivity (Wildman–Crippen MR) is 103 cm³/mol. The standard InChI is InChI=1S/C17H24ClN5O2S/c1-3-11-15(18)22-16(21-11)14(24)13(19)10-5-7-23(9-12(10)25-4-2)17-20-6-8-26-17/h6,8,10,12-13H,3-5,7,9,19H2,1-2H3,(H,21,22)/t10?,12-,13?/m0/s1. The largest absolute Gasteiger partial charge is 0.376 e. The molecule has 2 unspecified atom stereocenters. The summed E-state index contributed by atoms with van der Waals surface area (Å²) in [7, 11) is 0. The number of nitrogens with one attached hydrogen (secondary N) is 1. The number of aryl methyl sites for hydroxylation is 1. The van der Waals surface area contributed by atoms with Crippen LogP contribution in [-0.4, -0.2) is 52.6 Å². The highest BCUT2D eigenvalue weighted by Crippen LogP contribution is 2.29. The second-order valence-corrected chi connectivity index (χ2v) is 7.54. The molecule has 2 aromatic heterocycles. The minimum Gasteiger partial charge on any atom is -0.376 e. The van der Waals surface area contributed by atoms with E-state index in [2.05, 4.69) is 19.9 Å². The number of anilines is 1. The van der Waals surface area contributed by atoms with Gasteiger partial charge in [-0.15, -0.1) is 11.3 Å². The summed E-state index contributed by atoms with van der Waals surface area (Å²) in [4.78, 5) is 26.5. The highest BCUT2D eigenvalue weighted by atomic mass is 35.5. The summed E-state index contributed by atoms with van der Waals surface area (Å²) in [5.41, 5.74) is 7.10. The van der Waals surface area contributed by atoms with Crippen LogP contribution in [-0.2, 0) is 11.2 Å². The maximum Gasteiger partial charge on any atom is 0.215 e. The second-order valence-electron chi connectivity index (χ2n) is 6.31. The molecular weight excluding hydrogens is 374 g/mol. The van der Waals surface area contributed by atoms with Crippen LogP contribution in [0.5, 0.6) is 0 Å². The number of halogens is 1. The van der Waals surface area contributed by atoms with Crippen LogP contribution in [0.1, 0.15) is 36.6 Å². The van der Waals surface area contributed by atoms with Crippen LogP contribution < -0.4 is 10.6 Å². The van der Waals surface area contributed by atoms with Crippen LogP contribution in [0.3, 0.4) is 0 Å². The van der Waals surface area contributed by atoms with Crippen molar-refractivity contribution in [3.63, 3.8) is 0 Å². The maximum absolute atomic E-state index is 12.8. The monoisotopic (exact) mass is 397 g/mol. The number of hydrogen-bond donors (Lipinski definition) is 2. The number of imidazole rings is 1. The molecule has 1 fully saturated rings. The summed E-state index contributed by atoms with van der Waals surface area (Å²) in [5.74, 6) is -0.0615. The molecule has 1 aliphatic rings. The van der Waals surface area contributed by atoms with E-state index in [9.17, 15) is 4.79 Å². The number of Topliss-reactive ketones (excluding diaryl/α,β-unsaturated/α-hetero) is 1. The number of rotatable bonds is 7. The Hall–Kier alpha value is -1.48. The van der Waals surface area contributed by atoms with E-state index in [0.717, 1.165) is 23.8 Å². The van der Waals surface area contributed by atoms with Gasteiger partial charge in [-0.1, -0.05) is 18.5 Å². The molecule has 0 radical (unpaired) electrons. The van der Waals surface area contributed by atoms with Crippen LogP contribution in [0.4, 0.5) is 5.13 Å². The van der Waals surface area contributed by atoms with Crippen molar-refractivity contribution in [2.45, 2.75) is 38.8 Å². The topological polar surface area (TPSA) is 97.1 Å². The van der Waals surface area contributed by atoms with Crippen LogP contribution >= 0.6 is 22.9 Å². The highest BCUT2D eigenvalue weighted by molar-refractivity contribution is 7.13. The van der Waals surface area contributed by atoms with Crippen molar-refractivity contribution in [1.29, 1.82) is 0 Å². The number of ether oxygens (including phenoxy) is 1. The van der Waals surface area contributed by atoms with Gasteiger partial charge in [-0.25, -0.2) is 9.97 Å². The molecule has 9 heteroatoms. The molecule has 0 aliphatic carbocycles. The van der Waals surface area contributed by atoms with Gasteiger partial charge in [0.2, 0.25) is 5.78 Å². The summed E-state index contributed by atoms with van der Waals surface area (Å²) in [5, 5.41) is 3.26. The number of ketones is 1. The number of aromatic nitrogens is 3. The Morgan fingerprint density at radius 2 is 2.38 bits per heavy atom. The first-order chi connectivity index (χ1) is 12.5. The van der Waals surface area contributed by atoms with Crippen LogP contribution in [0.15, 0.2) is 11.6 Å². The van der Waals surface area contributed by atoms with Gasteiger partial charge >= 0.3 is 0 Å². The number of piperidine rings is 1. The van der Waals surface area contributed by atoms with Crippen LogP contribution in [0, 0.1) is 5.92 Å². The molecule has 3 rings (SSSR count). The van der Waals surface area contributed by atoms with E-state index in [1.165, 1.54) is 0 Å².